The minimum atomic E-state index is -0.173. The van der Waals surface area contributed by atoms with E-state index in [0.717, 1.165) is 33.2 Å². The number of anilines is 1. The standard InChI is InChI=1S/C21H17N5O/c1-12-8-14-9-15(6-7-18(14)24-12)26-21(22)16(11-23-26)20(27)19-10-13-4-2-3-5-17(13)25-19/h2-11,24-25H,22H2,1H3. The van der Waals surface area contributed by atoms with Crippen molar-refractivity contribution in [1.29, 1.82) is 0 Å². The molecule has 5 rings (SSSR count). The number of nitrogen functional groups attached to an aromatic ring is 1. The number of ketones is 1. The number of hydrogen-bond acceptors (Lipinski definition) is 3. The number of para-hydroxylation sites is 1. The number of fused-ring (bicyclic) bond motifs is 2. The molecule has 0 atom stereocenters. The molecule has 0 saturated carbocycles. The minimum absolute atomic E-state index is 0.173. The number of hydrogen-bond donors (Lipinski definition) is 3. The third-order valence-electron chi connectivity index (χ3n) is 4.81. The predicted octanol–water partition coefficient (Wildman–Crippen LogP) is 3.96. The minimum Gasteiger partial charge on any atom is -0.383 e. The number of nitrogens with one attached hydrogen (secondary N) is 2. The molecule has 27 heavy (non-hydrogen) atoms. The van der Waals surface area contributed by atoms with Crippen LogP contribution in [0.2, 0.25) is 0 Å². The average molecular weight is 355 g/mol. The van der Waals surface area contributed by atoms with E-state index in [4.69, 9.17) is 5.73 Å². The highest BCUT2D eigenvalue weighted by Gasteiger charge is 2.19. The lowest BCUT2D eigenvalue weighted by Crippen LogP contribution is -2.07. The van der Waals surface area contributed by atoms with Crippen molar-refractivity contribution in [3.05, 3.63) is 77.7 Å². The topological polar surface area (TPSA) is 92.5 Å². The van der Waals surface area contributed by atoms with Gasteiger partial charge in [0.15, 0.2) is 0 Å². The zero-order chi connectivity index (χ0) is 18.5. The molecular formula is C21H17N5O. The van der Waals surface area contributed by atoms with Crippen LogP contribution in [0.15, 0.2) is 60.8 Å². The zero-order valence-corrected chi connectivity index (χ0v) is 14.7. The van der Waals surface area contributed by atoms with Crippen molar-refractivity contribution in [1.82, 2.24) is 19.7 Å². The van der Waals surface area contributed by atoms with E-state index < -0.39 is 0 Å². The van der Waals surface area contributed by atoms with Crippen LogP contribution < -0.4 is 5.73 Å². The van der Waals surface area contributed by atoms with Crippen molar-refractivity contribution in [2.45, 2.75) is 6.92 Å². The molecule has 6 heteroatoms. The molecule has 0 saturated heterocycles. The molecule has 0 aliphatic carbocycles. The Morgan fingerprint density at radius 3 is 2.67 bits per heavy atom. The van der Waals surface area contributed by atoms with E-state index in [1.165, 1.54) is 6.20 Å². The van der Waals surface area contributed by atoms with Crippen LogP contribution in [0.1, 0.15) is 21.7 Å². The van der Waals surface area contributed by atoms with Crippen LogP contribution in [0.3, 0.4) is 0 Å². The number of H-pyrrole nitrogens is 2. The summed E-state index contributed by atoms with van der Waals surface area (Å²) < 4.78 is 1.59. The van der Waals surface area contributed by atoms with Crippen LogP contribution in [0.25, 0.3) is 27.5 Å². The van der Waals surface area contributed by atoms with Gasteiger partial charge in [-0.05, 0) is 43.3 Å². The van der Waals surface area contributed by atoms with Gasteiger partial charge < -0.3 is 15.7 Å². The number of aryl methyl sites for hydroxylation is 1. The summed E-state index contributed by atoms with van der Waals surface area (Å²) in [6.45, 7) is 2.01. The van der Waals surface area contributed by atoms with Gasteiger partial charge in [-0.2, -0.15) is 5.10 Å². The maximum Gasteiger partial charge on any atom is 0.214 e. The monoisotopic (exact) mass is 355 g/mol. The first kappa shape index (κ1) is 15.5. The van der Waals surface area contributed by atoms with E-state index in [1.807, 2.05) is 55.5 Å². The van der Waals surface area contributed by atoms with Gasteiger partial charge in [0, 0.05) is 27.5 Å². The van der Waals surface area contributed by atoms with Crippen LogP contribution >= 0.6 is 0 Å². The average Bonchev–Trinajstić information content (AvgIpc) is 3.35. The molecule has 3 heterocycles. The Labute approximate surface area is 154 Å². The fourth-order valence-corrected chi connectivity index (χ4v) is 3.48. The molecular weight excluding hydrogens is 338 g/mol. The highest BCUT2D eigenvalue weighted by atomic mass is 16.1. The molecule has 5 aromatic rings. The Balaban J connectivity index is 1.56. The fraction of sp³-hybridized carbons (Fsp3) is 0.0476. The molecule has 132 valence electrons. The largest absolute Gasteiger partial charge is 0.383 e. The fourth-order valence-electron chi connectivity index (χ4n) is 3.48. The highest BCUT2D eigenvalue weighted by molar-refractivity contribution is 6.12. The number of benzene rings is 2. The SMILES string of the molecule is Cc1cc2cc(-n3ncc(C(=O)c4cc5ccccc5[nH]4)c3N)ccc2[nH]1. The molecule has 0 unspecified atom stereocenters. The second kappa shape index (κ2) is 5.60. The number of nitrogens with zero attached hydrogens (tertiary/aromatic N) is 2. The van der Waals surface area contributed by atoms with Crippen molar-refractivity contribution in [3.63, 3.8) is 0 Å². The normalized spacial score (nSPS) is 11.4. The molecule has 3 aromatic heterocycles. The Bertz CT molecular complexity index is 1290. The van der Waals surface area contributed by atoms with Crippen molar-refractivity contribution < 1.29 is 4.79 Å². The third-order valence-corrected chi connectivity index (χ3v) is 4.81. The summed E-state index contributed by atoms with van der Waals surface area (Å²) in [4.78, 5) is 19.4. The van der Waals surface area contributed by atoms with Gasteiger partial charge in [-0.1, -0.05) is 18.2 Å². The number of carbonyl (C=O) groups excluding carboxylic acids is 1. The van der Waals surface area contributed by atoms with Gasteiger partial charge in [-0.25, -0.2) is 4.68 Å². The summed E-state index contributed by atoms with van der Waals surface area (Å²) in [6, 6.07) is 17.6. The van der Waals surface area contributed by atoms with Crippen LogP contribution in [-0.2, 0) is 0 Å². The highest BCUT2D eigenvalue weighted by Crippen LogP contribution is 2.25. The predicted molar refractivity (Wildman–Crippen MR) is 106 cm³/mol. The van der Waals surface area contributed by atoms with Gasteiger partial charge >= 0.3 is 0 Å². The first-order valence-electron chi connectivity index (χ1n) is 8.66. The summed E-state index contributed by atoms with van der Waals surface area (Å²) in [5.74, 6) is 0.152. The summed E-state index contributed by atoms with van der Waals surface area (Å²) in [5.41, 5.74) is 11.0. The Hall–Kier alpha value is -3.80. The van der Waals surface area contributed by atoms with E-state index >= 15 is 0 Å². The molecule has 0 fully saturated rings. The molecule has 0 aliphatic rings. The second-order valence-electron chi connectivity index (χ2n) is 6.68. The lowest BCUT2D eigenvalue weighted by Gasteiger charge is -2.05. The van der Waals surface area contributed by atoms with E-state index in [1.54, 1.807) is 4.68 Å². The van der Waals surface area contributed by atoms with Gasteiger partial charge in [0.2, 0.25) is 5.78 Å². The lowest BCUT2D eigenvalue weighted by atomic mass is 10.1. The van der Waals surface area contributed by atoms with Crippen molar-refractivity contribution in [3.8, 4) is 5.69 Å². The number of nitrogens with two attached hydrogens (primary N) is 1. The molecule has 0 radical (unpaired) electrons. The van der Waals surface area contributed by atoms with Crippen LogP contribution in [0, 0.1) is 6.92 Å². The van der Waals surface area contributed by atoms with Crippen molar-refractivity contribution >= 4 is 33.4 Å². The van der Waals surface area contributed by atoms with Crippen LogP contribution in [0.5, 0.6) is 0 Å². The van der Waals surface area contributed by atoms with E-state index in [2.05, 4.69) is 21.1 Å². The Morgan fingerprint density at radius 2 is 1.81 bits per heavy atom. The molecule has 2 aromatic carbocycles. The third kappa shape index (κ3) is 2.42. The number of rotatable bonds is 3. The summed E-state index contributed by atoms with van der Waals surface area (Å²) in [6.07, 6.45) is 1.52. The lowest BCUT2D eigenvalue weighted by molar-refractivity contribution is 0.103. The van der Waals surface area contributed by atoms with Crippen LogP contribution in [0.4, 0.5) is 5.82 Å². The zero-order valence-electron chi connectivity index (χ0n) is 14.7. The van der Waals surface area contributed by atoms with Gasteiger partial charge in [-0.15, -0.1) is 0 Å². The summed E-state index contributed by atoms with van der Waals surface area (Å²) in [7, 11) is 0. The second-order valence-corrected chi connectivity index (χ2v) is 6.68. The number of aromatic nitrogens is 4. The summed E-state index contributed by atoms with van der Waals surface area (Å²) >= 11 is 0. The first-order valence-corrected chi connectivity index (χ1v) is 8.66. The Kier molecular flexibility index (Phi) is 3.21. The molecule has 0 spiro atoms. The maximum absolute atomic E-state index is 12.9. The maximum atomic E-state index is 12.9. The van der Waals surface area contributed by atoms with Gasteiger partial charge in [0.1, 0.15) is 5.82 Å². The molecule has 4 N–H and O–H groups in total. The quantitative estimate of drug-likeness (QED) is 0.428. The first-order chi connectivity index (χ1) is 13.1. The van der Waals surface area contributed by atoms with Gasteiger partial charge in [-0.3, -0.25) is 4.79 Å². The molecule has 6 nitrogen and oxygen atoms in total. The van der Waals surface area contributed by atoms with Crippen molar-refractivity contribution in [2.24, 2.45) is 0 Å². The van der Waals surface area contributed by atoms with Gasteiger partial charge in [0.05, 0.1) is 23.1 Å². The Morgan fingerprint density at radius 1 is 1.00 bits per heavy atom. The molecule has 0 aliphatic heterocycles. The summed E-state index contributed by atoms with van der Waals surface area (Å²) in [5, 5.41) is 6.41. The number of carbonyl (C=O) groups is 1. The smallest absolute Gasteiger partial charge is 0.214 e. The van der Waals surface area contributed by atoms with Crippen molar-refractivity contribution in [2.75, 3.05) is 5.73 Å². The van der Waals surface area contributed by atoms with E-state index in [-0.39, 0.29) is 5.78 Å². The van der Waals surface area contributed by atoms with E-state index in [9.17, 15) is 4.79 Å². The van der Waals surface area contributed by atoms with Gasteiger partial charge in [0.25, 0.3) is 0 Å². The molecule has 0 amide bonds. The van der Waals surface area contributed by atoms with E-state index in [0.29, 0.717) is 17.1 Å². The molecule has 0 bridgehead atoms. The van der Waals surface area contributed by atoms with Crippen LogP contribution in [-0.4, -0.2) is 25.5 Å². The number of aromatic amines is 2.